The molecule has 1 aliphatic rings. The summed E-state index contributed by atoms with van der Waals surface area (Å²) >= 11 is 13.1. The minimum Gasteiger partial charge on any atom is -0.481 e. The number of aliphatic carboxylic acids is 1. The van der Waals surface area contributed by atoms with Gasteiger partial charge in [0.2, 0.25) is 11.8 Å². The number of likely N-dealkylation sites (tertiary alicyclic amines) is 1. The predicted octanol–water partition coefficient (Wildman–Crippen LogP) is 5.92. The van der Waals surface area contributed by atoms with Gasteiger partial charge in [-0.25, -0.2) is 4.98 Å². The number of rotatable bonds is 10. The minimum atomic E-state index is -0.941. The van der Waals surface area contributed by atoms with Crippen LogP contribution in [0, 0.1) is 0 Å². The van der Waals surface area contributed by atoms with E-state index in [1.807, 2.05) is 19.1 Å². The second-order valence-electron chi connectivity index (χ2n) is 9.57. The zero-order chi connectivity index (χ0) is 29.1. The number of nitrogens with one attached hydrogen (secondary N) is 1. The van der Waals surface area contributed by atoms with Gasteiger partial charge in [-0.3, -0.25) is 14.4 Å². The Morgan fingerprint density at radius 1 is 1.20 bits per heavy atom. The van der Waals surface area contributed by atoms with Crippen LogP contribution in [-0.4, -0.2) is 52.0 Å². The predicted molar refractivity (Wildman–Crippen MR) is 151 cm³/mol. The Balaban J connectivity index is 1.31. The zero-order valence-electron chi connectivity index (χ0n) is 22.1. The molecule has 2 amide bonds. The first-order valence-corrected chi connectivity index (χ1v) is 13.8. The summed E-state index contributed by atoms with van der Waals surface area (Å²) in [4.78, 5) is 43.4. The van der Waals surface area contributed by atoms with Crippen LogP contribution in [0.25, 0.3) is 11.0 Å². The number of furan rings is 1. The number of anilines is 1. The Morgan fingerprint density at radius 2 is 2.00 bits per heavy atom. The number of hydrogen-bond donors (Lipinski definition) is 2. The van der Waals surface area contributed by atoms with Crippen molar-refractivity contribution in [2.75, 3.05) is 18.5 Å². The van der Waals surface area contributed by atoms with Gasteiger partial charge < -0.3 is 28.9 Å². The fourth-order valence-corrected chi connectivity index (χ4v) is 5.42. The highest BCUT2D eigenvalue weighted by atomic mass is 35.5. The van der Waals surface area contributed by atoms with E-state index in [1.165, 1.54) is 18.5 Å². The number of ether oxygens (including phenoxy) is 1. The number of hydrogen-bond acceptors (Lipinski definition) is 7. The molecule has 0 bridgehead atoms. The number of carbonyl (C=O) groups excluding carboxylic acids is 2. The first-order chi connectivity index (χ1) is 19.7. The van der Waals surface area contributed by atoms with E-state index in [0.717, 1.165) is 0 Å². The average molecular weight is 600 g/mol. The lowest BCUT2D eigenvalue weighted by Gasteiger charge is -2.26. The van der Waals surface area contributed by atoms with Crippen LogP contribution >= 0.6 is 23.2 Å². The summed E-state index contributed by atoms with van der Waals surface area (Å²) < 4.78 is 17.2. The van der Waals surface area contributed by atoms with E-state index in [0.29, 0.717) is 59.0 Å². The van der Waals surface area contributed by atoms with Crippen molar-refractivity contribution >= 4 is 57.6 Å². The number of aromatic nitrogens is 1. The molecule has 12 heteroatoms. The molecule has 10 nitrogen and oxygen atoms in total. The van der Waals surface area contributed by atoms with Crippen LogP contribution in [0.15, 0.2) is 57.7 Å². The summed E-state index contributed by atoms with van der Waals surface area (Å²) in [7, 11) is 0. The molecule has 5 rings (SSSR count). The zero-order valence-corrected chi connectivity index (χ0v) is 23.6. The van der Waals surface area contributed by atoms with Crippen LogP contribution in [0.1, 0.15) is 53.4 Å². The van der Waals surface area contributed by atoms with E-state index in [2.05, 4.69) is 10.3 Å². The van der Waals surface area contributed by atoms with Crippen LogP contribution in [-0.2, 0) is 27.2 Å². The number of nitrogens with zero attached hydrogens (tertiary/aromatic N) is 2. The molecule has 0 spiro atoms. The molecule has 214 valence electrons. The quantitative estimate of drug-likeness (QED) is 0.229. The number of carboxylic acids is 1. The second kappa shape index (κ2) is 12.3. The number of amides is 2. The van der Waals surface area contributed by atoms with Crippen molar-refractivity contribution in [2.45, 2.75) is 44.8 Å². The summed E-state index contributed by atoms with van der Waals surface area (Å²) in [5.41, 5.74) is 1.73. The van der Waals surface area contributed by atoms with Gasteiger partial charge in [0, 0.05) is 30.0 Å². The van der Waals surface area contributed by atoms with E-state index in [1.54, 1.807) is 23.1 Å². The Bertz CT molecular complexity index is 1600. The normalized spacial score (nSPS) is 16.8. The molecule has 4 aromatic rings. The maximum atomic E-state index is 13.5. The Hall–Kier alpha value is -3.86. The standard InChI is InChI=1S/C29H27Cl2N3O7/c1-2-39-24-9-10-34(27(24)29-32-14-17(41-29)7-8-26(36)37)25(35)12-16-11-21(31)22(13-20(16)30)33-28(38)19-15-40-23-6-4-3-5-18(19)23/h3-6,11,13-15,24,27H,2,7-10,12H2,1H3,(H,33,38)(H,36,37)/t24-,27-/m0/s1. The molecule has 41 heavy (non-hydrogen) atoms. The van der Waals surface area contributed by atoms with Gasteiger partial charge in [0.25, 0.3) is 5.91 Å². The summed E-state index contributed by atoms with van der Waals surface area (Å²) in [6, 6.07) is 9.68. The summed E-state index contributed by atoms with van der Waals surface area (Å²) in [5.74, 6) is -0.866. The van der Waals surface area contributed by atoms with Gasteiger partial charge in [-0.15, -0.1) is 0 Å². The lowest BCUT2D eigenvalue weighted by atomic mass is 10.1. The van der Waals surface area contributed by atoms with Crippen molar-refractivity contribution in [3.05, 3.63) is 81.7 Å². The molecule has 3 heterocycles. The van der Waals surface area contributed by atoms with Crippen LogP contribution in [0.4, 0.5) is 5.69 Å². The maximum absolute atomic E-state index is 13.5. The van der Waals surface area contributed by atoms with Gasteiger partial charge in [-0.1, -0.05) is 41.4 Å². The van der Waals surface area contributed by atoms with E-state index in [4.69, 9.17) is 41.9 Å². The third-order valence-corrected chi connectivity index (χ3v) is 7.57. The monoisotopic (exact) mass is 599 g/mol. The average Bonchev–Trinajstić information content (AvgIpc) is 3.68. The van der Waals surface area contributed by atoms with Gasteiger partial charge in [0.1, 0.15) is 23.6 Å². The molecule has 1 fully saturated rings. The summed E-state index contributed by atoms with van der Waals surface area (Å²) in [5, 5.41) is 12.9. The fourth-order valence-electron chi connectivity index (χ4n) is 4.96. The first-order valence-electron chi connectivity index (χ1n) is 13.1. The highest BCUT2D eigenvalue weighted by molar-refractivity contribution is 6.36. The van der Waals surface area contributed by atoms with E-state index < -0.39 is 17.9 Å². The van der Waals surface area contributed by atoms with Crippen molar-refractivity contribution in [1.82, 2.24) is 9.88 Å². The fraction of sp³-hybridized carbons (Fsp3) is 0.310. The van der Waals surface area contributed by atoms with Crippen LogP contribution in [0.3, 0.4) is 0 Å². The maximum Gasteiger partial charge on any atom is 0.303 e. The molecule has 1 saturated heterocycles. The van der Waals surface area contributed by atoms with Crippen LogP contribution < -0.4 is 5.32 Å². The topological polar surface area (TPSA) is 135 Å². The molecule has 2 atom stereocenters. The van der Waals surface area contributed by atoms with Crippen LogP contribution in [0.5, 0.6) is 0 Å². The smallest absolute Gasteiger partial charge is 0.303 e. The molecule has 0 saturated carbocycles. The minimum absolute atomic E-state index is 0.0545. The SMILES string of the molecule is CCO[C@H]1CCN(C(=O)Cc2cc(Cl)c(NC(=O)c3coc4ccccc34)cc2Cl)[C@@H]1c1ncc(CCC(=O)O)o1. The van der Waals surface area contributed by atoms with Gasteiger partial charge in [0.05, 0.1) is 41.4 Å². The molecule has 0 unspecified atom stereocenters. The van der Waals surface area contributed by atoms with Gasteiger partial charge in [-0.2, -0.15) is 0 Å². The van der Waals surface area contributed by atoms with Crippen LogP contribution in [0.2, 0.25) is 10.0 Å². The molecule has 0 aliphatic carbocycles. The Morgan fingerprint density at radius 3 is 2.78 bits per heavy atom. The molecular weight excluding hydrogens is 573 g/mol. The lowest BCUT2D eigenvalue weighted by molar-refractivity contribution is -0.137. The molecule has 2 aromatic heterocycles. The number of fused-ring (bicyclic) bond motifs is 1. The van der Waals surface area contributed by atoms with Gasteiger partial charge in [0.15, 0.2) is 0 Å². The largest absolute Gasteiger partial charge is 0.481 e. The van der Waals surface area contributed by atoms with E-state index in [9.17, 15) is 14.4 Å². The number of carbonyl (C=O) groups is 3. The van der Waals surface area contributed by atoms with Crippen molar-refractivity contribution < 1.29 is 33.1 Å². The van der Waals surface area contributed by atoms with Crippen molar-refractivity contribution in [3.8, 4) is 0 Å². The van der Waals surface area contributed by atoms with Gasteiger partial charge >= 0.3 is 5.97 Å². The summed E-state index contributed by atoms with van der Waals surface area (Å²) in [6.07, 6.45) is 3.17. The number of aryl methyl sites for hydroxylation is 1. The lowest BCUT2D eigenvalue weighted by Crippen LogP contribution is -2.35. The summed E-state index contributed by atoms with van der Waals surface area (Å²) in [6.45, 7) is 2.73. The van der Waals surface area contributed by atoms with Gasteiger partial charge in [-0.05, 0) is 37.1 Å². The molecule has 2 aromatic carbocycles. The Labute approximate surface area is 245 Å². The Kier molecular flexibility index (Phi) is 8.63. The molecular formula is C29H27Cl2N3O7. The third kappa shape index (κ3) is 6.24. The molecule has 1 aliphatic heterocycles. The number of benzene rings is 2. The third-order valence-electron chi connectivity index (χ3n) is 6.90. The molecule has 2 N–H and O–H groups in total. The first kappa shape index (κ1) is 28.7. The van der Waals surface area contributed by atoms with Crippen molar-refractivity contribution in [1.29, 1.82) is 0 Å². The van der Waals surface area contributed by atoms with E-state index >= 15 is 0 Å². The second-order valence-corrected chi connectivity index (χ2v) is 10.4. The molecule has 0 radical (unpaired) electrons. The van der Waals surface area contributed by atoms with Crippen molar-refractivity contribution in [2.24, 2.45) is 0 Å². The highest BCUT2D eigenvalue weighted by Gasteiger charge is 2.41. The number of oxazole rings is 1. The highest BCUT2D eigenvalue weighted by Crippen LogP contribution is 2.36. The van der Waals surface area contributed by atoms with E-state index in [-0.39, 0.29) is 41.3 Å². The van der Waals surface area contributed by atoms with Crippen molar-refractivity contribution in [3.63, 3.8) is 0 Å². The number of carboxylic acid groups (broad SMARTS) is 1. The number of para-hydroxylation sites is 1. The number of halogens is 2.